The predicted octanol–water partition coefficient (Wildman–Crippen LogP) is 2.44. The quantitative estimate of drug-likeness (QED) is 0.897. The summed E-state index contributed by atoms with van der Waals surface area (Å²) >= 11 is 0. The fourth-order valence-electron chi connectivity index (χ4n) is 4.16. The number of piperidine rings is 1. The summed E-state index contributed by atoms with van der Waals surface area (Å²) in [7, 11) is 3.84. The molecule has 2 aliphatic rings. The van der Waals surface area contributed by atoms with Crippen molar-refractivity contribution in [3.8, 4) is 17.0 Å². The van der Waals surface area contributed by atoms with Crippen molar-refractivity contribution < 1.29 is 9.53 Å². The van der Waals surface area contributed by atoms with Crippen LogP contribution in [0.5, 0.6) is 5.75 Å². The summed E-state index contributed by atoms with van der Waals surface area (Å²) in [6.07, 6.45) is 4.57. The third kappa shape index (κ3) is 3.14. The largest absolute Gasteiger partial charge is 0.497 e. The van der Waals surface area contributed by atoms with E-state index in [1.165, 1.54) is 12.8 Å². The number of H-pyrrole nitrogens is 1. The van der Waals surface area contributed by atoms with Gasteiger partial charge in [0.15, 0.2) is 0 Å². The Balaban J connectivity index is 1.44. The summed E-state index contributed by atoms with van der Waals surface area (Å²) in [4.78, 5) is 15.0. The molecule has 6 nitrogen and oxygen atoms in total. The number of methoxy groups -OCH3 is 1. The lowest BCUT2D eigenvalue weighted by Gasteiger charge is -2.36. The van der Waals surface area contributed by atoms with Crippen LogP contribution in [0, 0.1) is 0 Å². The summed E-state index contributed by atoms with van der Waals surface area (Å²) < 4.78 is 5.24. The maximum absolute atomic E-state index is 12.6. The number of ether oxygens (including phenoxy) is 1. The van der Waals surface area contributed by atoms with Crippen molar-refractivity contribution in [3.05, 3.63) is 36.0 Å². The Labute approximate surface area is 147 Å². The maximum atomic E-state index is 12.6. The number of fused-ring (bicyclic) bond motifs is 2. The van der Waals surface area contributed by atoms with E-state index in [1.54, 1.807) is 13.2 Å². The third-order valence-corrected chi connectivity index (χ3v) is 5.62. The smallest absolute Gasteiger partial charge is 0.269 e. The van der Waals surface area contributed by atoms with Crippen LogP contribution in [0.3, 0.4) is 0 Å². The predicted molar refractivity (Wildman–Crippen MR) is 95.6 cm³/mol. The number of benzene rings is 1. The first kappa shape index (κ1) is 16.1. The van der Waals surface area contributed by atoms with E-state index >= 15 is 0 Å². The molecule has 3 heterocycles. The standard InChI is InChI=1S/C19H24N4O2/c1-23-14-6-7-15(23)10-13(9-14)20-19(24)18-11-17(21-22-18)12-4-3-5-16(8-12)25-2/h3-5,8,11,13-15H,6-7,9-10H2,1-2H3,(H,20,24)(H,21,22). The normalized spacial score (nSPS) is 25.8. The zero-order valence-electron chi connectivity index (χ0n) is 14.7. The van der Waals surface area contributed by atoms with E-state index in [4.69, 9.17) is 4.74 Å². The van der Waals surface area contributed by atoms with Crippen LogP contribution in [0.4, 0.5) is 0 Å². The number of rotatable bonds is 4. The van der Waals surface area contributed by atoms with Crippen LogP contribution >= 0.6 is 0 Å². The van der Waals surface area contributed by atoms with Crippen molar-refractivity contribution >= 4 is 5.91 Å². The fourth-order valence-corrected chi connectivity index (χ4v) is 4.16. The molecule has 132 valence electrons. The second-order valence-electron chi connectivity index (χ2n) is 7.09. The van der Waals surface area contributed by atoms with Gasteiger partial charge in [-0.3, -0.25) is 9.89 Å². The number of amides is 1. The summed E-state index contributed by atoms with van der Waals surface area (Å²) in [5.41, 5.74) is 2.17. The number of carbonyl (C=O) groups excluding carboxylic acids is 1. The minimum atomic E-state index is -0.0735. The Morgan fingerprint density at radius 2 is 2.04 bits per heavy atom. The highest BCUT2D eigenvalue weighted by molar-refractivity contribution is 5.93. The topological polar surface area (TPSA) is 70.2 Å². The van der Waals surface area contributed by atoms with Gasteiger partial charge in [-0.1, -0.05) is 12.1 Å². The van der Waals surface area contributed by atoms with Gasteiger partial charge >= 0.3 is 0 Å². The molecule has 2 aliphatic heterocycles. The van der Waals surface area contributed by atoms with Crippen molar-refractivity contribution in [1.82, 2.24) is 20.4 Å². The Morgan fingerprint density at radius 1 is 1.28 bits per heavy atom. The lowest BCUT2D eigenvalue weighted by Crippen LogP contribution is -2.48. The molecule has 2 N–H and O–H groups in total. The average Bonchev–Trinajstić information content (AvgIpc) is 3.18. The average molecular weight is 340 g/mol. The van der Waals surface area contributed by atoms with Gasteiger partial charge in [-0.05, 0) is 50.9 Å². The van der Waals surface area contributed by atoms with Crippen LogP contribution in [-0.2, 0) is 0 Å². The number of nitrogens with one attached hydrogen (secondary N) is 2. The van der Waals surface area contributed by atoms with E-state index in [-0.39, 0.29) is 11.9 Å². The monoisotopic (exact) mass is 340 g/mol. The van der Waals surface area contributed by atoms with Crippen LogP contribution < -0.4 is 10.1 Å². The molecule has 2 unspecified atom stereocenters. The molecular formula is C19H24N4O2. The molecule has 2 aromatic rings. The Morgan fingerprint density at radius 3 is 2.76 bits per heavy atom. The molecule has 4 rings (SSSR count). The summed E-state index contributed by atoms with van der Waals surface area (Å²) in [6.45, 7) is 0. The molecule has 6 heteroatoms. The van der Waals surface area contributed by atoms with Gasteiger partial charge in [-0.2, -0.15) is 5.10 Å². The second kappa shape index (κ2) is 6.52. The van der Waals surface area contributed by atoms with E-state index in [0.717, 1.165) is 29.8 Å². The van der Waals surface area contributed by atoms with Gasteiger partial charge in [-0.15, -0.1) is 0 Å². The minimum absolute atomic E-state index is 0.0735. The number of nitrogens with zero attached hydrogens (tertiary/aromatic N) is 2. The van der Waals surface area contributed by atoms with Crippen LogP contribution in [0.25, 0.3) is 11.3 Å². The number of hydrogen-bond donors (Lipinski definition) is 2. The van der Waals surface area contributed by atoms with Crippen LogP contribution in [-0.4, -0.2) is 53.3 Å². The third-order valence-electron chi connectivity index (χ3n) is 5.62. The summed E-state index contributed by atoms with van der Waals surface area (Å²) in [5, 5.41) is 10.3. The molecule has 2 fully saturated rings. The molecule has 0 spiro atoms. The number of aromatic amines is 1. The first-order chi connectivity index (χ1) is 12.1. The van der Waals surface area contributed by atoms with E-state index in [9.17, 15) is 4.79 Å². The molecule has 0 aliphatic carbocycles. The Kier molecular flexibility index (Phi) is 4.21. The molecule has 1 aromatic carbocycles. The fraction of sp³-hybridized carbons (Fsp3) is 0.474. The number of hydrogen-bond acceptors (Lipinski definition) is 4. The molecule has 25 heavy (non-hydrogen) atoms. The Hall–Kier alpha value is -2.34. The lowest BCUT2D eigenvalue weighted by molar-refractivity contribution is 0.0877. The molecule has 1 aromatic heterocycles. The van der Waals surface area contributed by atoms with E-state index in [0.29, 0.717) is 17.8 Å². The van der Waals surface area contributed by atoms with Crippen LogP contribution in [0.1, 0.15) is 36.2 Å². The van der Waals surface area contributed by atoms with Gasteiger partial charge < -0.3 is 15.0 Å². The zero-order chi connectivity index (χ0) is 17.4. The molecule has 2 atom stereocenters. The van der Waals surface area contributed by atoms with Gasteiger partial charge in [0.05, 0.1) is 12.8 Å². The highest BCUT2D eigenvalue weighted by Gasteiger charge is 2.38. The molecule has 0 saturated carbocycles. The molecule has 1 amide bonds. The maximum Gasteiger partial charge on any atom is 0.269 e. The van der Waals surface area contributed by atoms with Crippen molar-refractivity contribution in [2.45, 2.75) is 43.8 Å². The van der Waals surface area contributed by atoms with Crippen molar-refractivity contribution in [2.24, 2.45) is 0 Å². The second-order valence-corrected chi connectivity index (χ2v) is 7.09. The van der Waals surface area contributed by atoms with Gasteiger partial charge in [-0.25, -0.2) is 0 Å². The highest BCUT2D eigenvalue weighted by atomic mass is 16.5. The van der Waals surface area contributed by atoms with Crippen LogP contribution in [0.15, 0.2) is 30.3 Å². The molecule has 2 saturated heterocycles. The van der Waals surface area contributed by atoms with Crippen LogP contribution in [0.2, 0.25) is 0 Å². The van der Waals surface area contributed by atoms with Gasteiger partial charge in [0.2, 0.25) is 0 Å². The van der Waals surface area contributed by atoms with E-state index in [2.05, 4.69) is 27.5 Å². The number of carbonyl (C=O) groups is 1. The van der Waals surface area contributed by atoms with Crippen molar-refractivity contribution in [2.75, 3.05) is 14.2 Å². The molecular weight excluding hydrogens is 316 g/mol. The molecule has 0 radical (unpaired) electrons. The van der Waals surface area contributed by atoms with Gasteiger partial charge in [0.25, 0.3) is 5.91 Å². The highest BCUT2D eigenvalue weighted by Crippen LogP contribution is 2.34. The van der Waals surface area contributed by atoms with Crippen molar-refractivity contribution in [1.29, 1.82) is 0 Å². The molecule has 2 bridgehead atoms. The van der Waals surface area contributed by atoms with Gasteiger partial charge in [0, 0.05) is 23.7 Å². The summed E-state index contributed by atoms with van der Waals surface area (Å²) in [6, 6.07) is 10.9. The first-order valence-corrected chi connectivity index (χ1v) is 8.86. The minimum Gasteiger partial charge on any atom is -0.497 e. The zero-order valence-corrected chi connectivity index (χ0v) is 14.7. The van der Waals surface area contributed by atoms with E-state index < -0.39 is 0 Å². The van der Waals surface area contributed by atoms with Crippen molar-refractivity contribution in [3.63, 3.8) is 0 Å². The van der Waals surface area contributed by atoms with Gasteiger partial charge in [0.1, 0.15) is 11.4 Å². The lowest BCUT2D eigenvalue weighted by atomic mass is 9.98. The Bertz CT molecular complexity index is 758. The SMILES string of the molecule is COc1cccc(-c2cc(C(=O)NC3CC4CCC(C3)N4C)[nH]n2)c1. The van der Waals surface area contributed by atoms with E-state index in [1.807, 2.05) is 24.3 Å². The first-order valence-electron chi connectivity index (χ1n) is 8.86. The summed E-state index contributed by atoms with van der Waals surface area (Å²) in [5.74, 6) is 0.698. The number of aromatic nitrogens is 2.